The van der Waals surface area contributed by atoms with Crippen LogP contribution < -0.4 is 10.6 Å². The van der Waals surface area contributed by atoms with Gasteiger partial charge < -0.3 is 15.7 Å². The highest BCUT2D eigenvalue weighted by Gasteiger charge is 2.14. The van der Waals surface area contributed by atoms with Crippen LogP contribution in [0.3, 0.4) is 0 Å². The van der Waals surface area contributed by atoms with E-state index < -0.39 is 5.82 Å². The summed E-state index contributed by atoms with van der Waals surface area (Å²) in [4.78, 5) is 16.9. The molecule has 0 atom stereocenters. The molecule has 2 heterocycles. The van der Waals surface area contributed by atoms with Gasteiger partial charge in [-0.25, -0.2) is 13.9 Å². The molecule has 152 valence electrons. The Morgan fingerprint density at radius 1 is 1.10 bits per heavy atom. The maximum atomic E-state index is 13.3. The number of carbonyl (C=O) groups excluding carboxylic acids is 1. The Hall–Kier alpha value is -3.49. The summed E-state index contributed by atoms with van der Waals surface area (Å²) in [5, 5.41) is 19.5. The number of aliphatic hydroxyl groups is 1. The van der Waals surface area contributed by atoms with Gasteiger partial charge in [-0.1, -0.05) is 29.8 Å². The zero-order valence-electron chi connectivity index (χ0n) is 15.6. The molecule has 4 aromatic rings. The minimum atomic E-state index is -0.472. The molecule has 0 radical (unpaired) electrons. The Morgan fingerprint density at radius 3 is 2.60 bits per heavy atom. The lowest BCUT2D eigenvalue weighted by molar-refractivity contribution is 0.102. The number of carbonyl (C=O) groups is 1. The Bertz CT molecular complexity index is 1210. The molecule has 0 aliphatic carbocycles. The van der Waals surface area contributed by atoms with Crippen molar-refractivity contribution in [3.05, 3.63) is 88.5 Å². The van der Waals surface area contributed by atoms with Crippen molar-refractivity contribution in [1.82, 2.24) is 14.6 Å². The summed E-state index contributed by atoms with van der Waals surface area (Å²) in [6, 6.07) is 14.8. The second kappa shape index (κ2) is 8.48. The molecular weight excluding hydrogens is 409 g/mol. The third-order valence-electron chi connectivity index (χ3n) is 4.45. The number of hydrogen-bond acceptors (Lipinski definition) is 5. The van der Waals surface area contributed by atoms with Crippen LogP contribution in [-0.4, -0.2) is 25.6 Å². The Labute approximate surface area is 176 Å². The largest absolute Gasteiger partial charge is 0.392 e. The molecule has 0 aliphatic rings. The van der Waals surface area contributed by atoms with Crippen LogP contribution in [0.1, 0.15) is 21.6 Å². The second-order valence-corrected chi connectivity index (χ2v) is 6.95. The summed E-state index contributed by atoms with van der Waals surface area (Å²) < 4.78 is 14.7. The summed E-state index contributed by atoms with van der Waals surface area (Å²) in [6.45, 7) is 0.317. The molecule has 0 aliphatic heterocycles. The van der Waals surface area contributed by atoms with Gasteiger partial charge >= 0.3 is 0 Å². The number of nitrogens with zero attached hydrogens (tertiary/aromatic N) is 3. The molecular formula is C21H17ClFN5O2. The number of rotatable bonds is 6. The highest BCUT2D eigenvalue weighted by molar-refractivity contribution is 6.30. The quantitative estimate of drug-likeness (QED) is 0.436. The fourth-order valence-corrected chi connectivity index (χ4v) is 3.06. The average Bonchev–Trinajstić information content (AvgIpc) is 3.18. The first-order chi connectivity index (χ1) is 14.5. The number of benzene rings is 2. The molecule has 9 heteroatoms. The number of aliphatic hydroxyl groups excluding tert-OH is 1. The van der Waals surface area contributed by atoms with Crippen molar-refractivity contribution in [2.45, 2.75) is 13.2 Å². The van der Waals surface area contributed by atoms with Gasteiger partial charge in [0.15, 0.2) is 11.3 Å². The molecule has 30 heavy (non-hydrogen) atoms. The molecule has 1 amide bonds. The maximum Gasteiger partial charge on any atom is 0.276 e. The number of halogens is 2. The fourth-order valence-electron chi connectivity index (χ4n) is 2.85. The summed E-state index contributed by atoms with van der Waals surface area (Å²) in [5.74, 6) is -0.323. The van der Waals surface area contributed by atoms with E-state index >= 15 is 0 Å². The summed E-state index contributed by atoms with van der Waals surface area (Å²) in [7, 11) is 0. The first-order valence-electron chi connectivity index (χ1n) is 9.07. The van der Waals surface area contributed by atoms with E-state index in [4.69, 9.17) is 16.7 Å². The molecule has 7 nitrogen and oxygen atoms in total. The normalized spacial score (nSPS) is 10.9. The minimum Gasteiger partial charge on any atom is -0.392 e. The average molecular weight is 426 g/mol. The lowest BCUT2D eigenvalue weighted by Gasteiger charge is -2.08. The van der Waals surface area contributed by atoms with E-state index in [2.05, 4.69) is 20.7 Å². The molecule has 0 unspecified atom stereocenters. The molecule has 0 spiro atoms. The molecule has 0 fully saturated rings. The van der Waals surface area contributed by atoms with Crippen LogP contribution in [0.5, 0.6) is 0 Å². The smallest absolute Gasteiger partial charge is 0.276 e. The lowest BCUT2D eigenvalue weighted by Crippen LogP contribution is -2.16. The van der Waals surface area contributed by atoms with E-state index in [1.807, 2.05) is 0 Å². The van der Waals surface area contributed by atoms with Crippen LogP contribution >= 0.6 is 11.6 Å². The van der Waals surface area contributed by atoms with Gasteiger partial charge in [0.05, 0.1) is 17.8 Å². The first kappa shape index (κ1) is 19.8. The zero-order valence-corrected chi connectivity index (χ0v) is 16.4. The summed E-state index contributed by atoms with van der Waals surface area (Å²) >= 11 is 5.81. The number of fused-ring (bicyclic) bond motifs is 1. The molecule has 2 aromatic carbocycles. The minimum absolute atomic E-state index is 0.0540. The van der Waals surface area contributed by atoms with Gasteiger partial charge in [-0.05, 0) is 47.5 Å². The summed E-state index contributed by atoms with van der Waals surface area (Å²) in [6.07, 6.45) is 1.45. The summed E-state index contributed by atoms with van der Waals surface area (Å²) in [5.41, 5.74) is 2.92. The van der Waals surface area contributed by atoms with Crippen molar-refractivity contribution < 1.29 is 14.3 Å². The number of hydrogen-bond donors (Lipinski definition) is 3. The fraction of sp³-hybridized carbons (Fsp3) is 0.0952. The van der Waals surface area contributed by atoms with Crippen LogP contribution in [0, 0.1) is 5.82 Å². The Morgan fingerprint density at radius 2 is 1.87 bits per heavy atom. The third kappa shape index (κ3) is 4.24. The molecule has 0 saturated carbocycles. The van der Waals surface area contributed by atoms with Gasteiger partial charge in [-0.3, -0.25) is 4.79 Å². The highest BCUT2D eigenvalue weighted by atomic mass is 35.5. The number of amides is 1. The van der Waals surface area contributed by atoms with Gasteiger partial charge in [0.2, 0.25) is 0 Å². The van der Waals surface area contributed by atoms with Crippen LogP contribution in [0.25, 0.3) is 5.65 Å². The van der Waals surface area contributed by atoms with Crippen molar-refractivity contribution in [2.24, 2.45) is 0 Å². The maximum absolute atomic E-state index is 13.3. The van der Waals surface area contributed by atoms with E-state index in [0.29, 0.717) is 23.7 Å². The van der Waals surface area contributed by atoms with Crippen molar-refractivity contribution in [1.29, 1.82) is 0 Å². The van der Waals surface area contributed by atoms with Crippen molar-refractivity contribution >= 4 is 34.7 Å². The van der Waals surface area contributed by atoms with Crippen molar-refractivity contribution in [3.63, 3.8) is 0 Å². The monoisotopic (exact) mass is 425 g/mol. The van der Waals surface area contributed by atoms with Crippen LogP contribution in [-0.2, 0) is 13.2 Å². The topological polar surface area (TPSA) is 91.5 Å². The SMILES string of the molecule is O=C(Nc1ccc(CO)cc1)c1cnc2ccc(NCc3ccc(F)c(Cl)c3)nn12. The number of nitrogens with one attached hydrogen (secondary N) is 2. The molecule has 0 saturated heterocycles. The third-order valence-corrected chi connectivity index (χ3v) is 4.74. The standard InChI is InChI=1S/C21H17ClFN5O2/c22-16-9-14(3-6-17(16)23)10-24-19-7-8-20-25-11-18(28(20)27-19)21(30)26-15-4-1-13(12-29)2-5-15/h1-9,11,29H,10,12H2,(H,24,27)(H,26,30). The number of anilines is 2. The molecule has 4 rings (SSSR count). The van der Waals surface area contributed by atoms with Crippen molar-refractivity contribution in [3.8, 4) is 0 Å². The Balaban J connectivity index is 1.51. The van der Waals surface area contributed by atoms with E-state index in [1.54, 1.807) is 48.5 Å². The predicted octanol–water partition coefficient (Wildman–Crippen LogP) is 3.88. The Kier molecular flexibility index (Phi) is 5.60. The van der Waals surface area contributed by atoms with E-state index in [-0.39, 0.29) is 23.2 Å². The van der Waals surface area contributed by atoms with Gasteiger partial charge in [0.25, 0.3) is 5.91 Å². The molecule has 3 N–H and O–H groups in total. The highest BCUT2D eigenvalue weighted by Crippen LogP contribution is 2.18. The van der Waals surface area contributed by atoms with Gasteiger partial charge in [0, 0.05) is 12.2 Å². The van der Waals surface area contributed by atoms with Crippen molar-refractivity contribution in [2.75, 3.05) is 10.6 Å². The number of imidazole rings is 1. The van der Waals surface area contributed by atoms with Crippen LogP contribution in [0.4, 0.5) is 15.9 Å². The van der Waals surface area contributed by atoms with Crippen LogP contribution in [0.2, 0.25) is 5.02 Å². The first-order valence-corrected chi connectivity index (χ1v) is 9.45. The molecule has 2 aromatic heterocycles. The lowest BCUT2D eigenvalue weighted by atomic mass is 10.2. The number of aromatic nitrogens is 3. The zero-order chi connectivity index (χ0) is 21.1. The van der Waals surface area contributed by atoms with E-state index in [1.165, 1.54) is 16.8 Å². The van der Waals surface area contributed by atoms with E-state index in [0.717, 1.165) is 11.1 Å². The van der Waals surface area contributed by atoms with Gasteiger partial charge in [-0.2, -0.15) is 0 Å². The molecule has 0 bridgehead atoms. The van der Waals surface area contributed by atoms with Crippen LogP contribution in [0.15, 0.2) is 60.8 Å². The van der Waals surface area contributed by atoms with Gasteiger partial charge in [0.1, 0.15) is 11.6 Å². The van der Waals surface area contributed by atoms with E-state index in [9.17, 15) is 9.18 Å². The predicted molar refractivity (Wildman–Crippen MR) is 112 cm³/mol. The van der Waals surface area contributed by atoms with Gasteiger partial charge in [-0.15, -0.1) is 5.10 Å². The second-order valence-electron chi connectivity index (χ2n) is 6.54.